The van der Waals surface area contributed by atoms with Gasteiger partial charge in [-0.2, -0.15) is 0 Å². The van der Waals surface area contributed by atoms with Crippen molar-refractivity contribution in [3.05, 3.63) is 30.5 Å². The first kappa shape index (κ1) is 14.6. The van der Waals surface area contributed by atoms with E-state index >= 15 is 0 Å². The number of hydrogen-bond donors (Lipinski definition) is 2. The largest absolute Gasteiger partial charge is 0.508 e. The highest BCUT2D eigenvalue weighted by atomic mass is 16.3. The van der Waals surface area contributed by atoms with Gasteiger partial charge in [0, 0.05) is 17.6 Å². The molecule has 108 valence electrons. The Hall–Kier alpha value is -1.77. The summed E-state index contributed by atoms with van der Waals surface area (Å²) in [6.45, 7) is 4.43. The molecule has 1 atom stereocenters. The first-order valence-electron chi connectivity index (χ1n) is 7.58. The number of hydrogen-bond acceptors (Lipinski definition) is 3. The summed E-state index contributed by atoms with van der Waals surface area (Å²) in [5.41, 5.74) is 0. The highest BCUT2D eigenvalue weighted by molar-refractivity contribution is 5.92. The molecule has 0 aliphatic rings. The number of anilines is 1. The number of benzene rings is 1. The number of fused-ring (bicyclic) bond motifs is 1. The van der Waals surface area contributed by atoms with Gasteiger partial charge in [-0.3, -0.25) is 0 Å². The highest BCUT2D eigenvalue weighted by Crippen LogP contribution is 2.26. The fourth-order valence-corrected chi connectivity index (χ4v) is 2.55. The summed E-state index contributed by atoms with van der Waals surface area (Å²) in [7, 11) is 0. The van der Waals surface area contributed by atoms with Crippen LogP contribution in [0, 0.1) is 0 Å². The summed E-state index contributed by atoms with van der Waals surface area (Å²) in [4.78, 5) is 4.46. The van der Waals surface area contributed by atoms with E-state index < -0.39 is 0 Å². The Labute approximate surface area is 121 Å². The van der Waals surface area contributed by atoms with E-state index in [2.05, 4.69) is 24.1 Å². The van der Waals surface area contributed by atoms with Crippen LogP contribution < -0.4 is 5.32 Å². The van der Waals surface area contributed by atoms with Crippen LogP contribution >= 0.6 is 0 Å². The first-order valence-corrected chi connectivity index (χ1v) is 7.58. The molecular weight excluding hydrogens is 248 g/mol. The lowest BCUT2D eigenvalue weighted by atomic mass is 10.0. The lowest BCUT2D eigenvalue weighted by Crippen LogP contribution is -2.20. The van der Waals surface area contributed by atoms with Crippen LogP contribution in [0.4, 0.5) is 5.82 Å². The summed E-state index contributed by atoms with van der Waals surface area (Å²) in [5.74, 6) is 1.17. The number of pyridine rings is 1. The van der Waals surface area contributed by atoms with Gasteiger partial charge in [0.25, 0.3) is 0 Å². The molecule has 1 unspecified atom stereocenters. The third-order valence-corrected chi connectivity index (χ3v) is 3.63. The normalized spacial score (nSPS) is 12.5. The van der Waals surface area contributed by atoms with Crippen LogP contribution in [0.25, 0.3) is 10.8 Å². The lowest BCUT2D eigenvalue weighted by molar-refractivity contribution is 0.476. The van der Waals surface area contributed by atoms with Crippen LogP contribution in [-0.4, -0.2) is 16.1 Å². The molecule has 0 bridgehead atoms. The van der Waals surface area contributed by atoms with E-state index in [0.717, 1.165) is 29.4 Å². The summed E-state index contributed by atoms with van der Waals surface area (Å²) < 4.78 is 0. The van der Waals surface area contributed by atoms with Gasteiger partial charge in [-0.25, -0.2) is 4.98 Å². The maximum atomic E-state index is 9.68. The van der Waals surface area contributed by atoms with Gasteiger partial charge in [0.1, 0.15) is 11.6 Å². The fourth-order valence-electron chi connectivity index (χ4n) is 2.55. The summed E-state index contributed by atoms with van der Waals surface area (Å²) in [5, 5.41) is 15.3. The second-order valence-corrected chi connectivity index (χ2v) is 5.34. The molecule has 0 amide bonds. The van der Waals surface area contributed by atoms with Crippen molar-refractivity contribution < 1.29 is 5.11 Å². The van der Waals surface area contributed by atoms with Gasteiger partial charge < -0.3 is 10.4 Å². The minimum Gasteiger partial charge on any atom is -0.508 e. The van der Waals surface area contributed by atoms with Gasteiger partial charge in [0.15, 0.2) is 0 Å². The van der Waals surface area contributed by atoms with Crippen molar-refractivity contribution in [3.8, 4) is 5.75 Å². The third-order valence-electron chi connectivity index (χ3n) is 3.63. The molecule has 2 aromatic rings. The minimum absolute atomic E-state index is 0.286. The van der Waals surface area contributed by atoms with Crippen molar-refractivity contribution in [2.24, 2.45) is 0 Å². The molecule has 2 N–H and O–H groups in total. The van der Waals surface area contributed by atoms with E-state index in [1.807, 2.05) is 18.3 Å². The van der Waals surface area contributed by atoms with E-state index in [1.54, 1.807) is 12.1 Å². The standard InChI is InChI=1S/C17H24N2O/c1-3-5-7-14(6-4-2)19-17-16-12-15(20)9-8-13(16)10-11-18-17/h8-12,14,20H,3-7H2,1-2H3,(H,18,19). The van der Waals surface area contributed by atoms with Crippen molar-refractivity contribution in [1.82, 2.24) is 4.98 Å². The Kier molecular flexibility index (Phi) is 5.22. The van der Waals surface area contributed by atoms with Crippen LogP contribution in [0.15, 0.2) is 30.5 Å². The quantitative estimate of drug-likeness (QED) is 0.767. The molecule has 2 rings (SSSR count). The van der Waals surface area contributed by atoms with Gasteiger partial charge in [-0.1, -0.05) is 39.2 Å². The monoisotopic (exact) mass is 272 g/mol. The van der Waals surface area contributed by atoms with Gasteiger partial charge in [-0.05, 0) is 36.4 Å². The predicted molar refractivity (Wildman–Crippen MR) is 85.3 cm³/mol. The van der Waals surface area contributed by atoms with Gasteiger partial charge in [-0.15, -0.1) is 0 Å². The predicted octanol–water partition coefficient (Wildman–Crippen LogP) is 4.71. The maximum Gasteiger partial charge on any atom is 0.134 e. The van der Waals surface area contributed by atoms with E-state index in [-0.39, 0.29) is 5.75 Å². The van der Waals surface area contributed by atoms with E-state index in [1.165, 1.54) is 19.3 Å². The minimum atomic E-state index is 0.286. The smallest absolute Gasteiger partial charge is 0.134 e. The number of aromatic nitrogens is 1. The molecule has 1 aromatic heterocycles. The Balaban J connectivity index is 2.24. The Morgan fingerprint density at radius 1 is 1.15 bits per heavy atom. The van der Waals surface area contributed by atoms with Crippen molar-refractivity contribution in [1.29, 1.82) is 0 Å². The SMILES string of the molecule is CCCCC(CCC)Nc1nccc2ccc(O)cc12. The third kappa shape index (κ3) is 3.62. The topological polar surface area (TPSA) is 45.2 Å². The van der Waals surface area contributed by atoms with Crippen molar-refractivity contribution >= 4 is 16.6 Å². The van der Waals surface area contributed by atoms with Gasteiger partial charge in [0.2, 0.25) is 0 Å². The van der Waals surface area contributed by atoms with E-state index in [4.69, 9.17) is 0 Å². The molecule has 3 nitrogen and oxygen atoms in total. The molecule has 20 heavy (non-hydrogen) atoms. The van der Waals surface area contributed by atoms with Gasteiger partial charge >= 0.3 is 0 Å². The number of phenols is 1. The second-order valence-electron chi connectivity index (χ2n) is 5.34. The summed E-state index contributed by atoms with van der Waals surface area (Å²) in [6.07, 6.45) is 7.75. The molecular formula is C17H24N2O. The highest BCUT2D eigenvalue weighted by Gasteiger charge is 2.10. The average molecular weight is 272 g/mol. The zero-order valence-corrected chi connectivity index (χ0v) is 12.4. The summed E-state index contributed by atoms with van der Waals surface area (Å²) in [6, 6.07) is 7.86. The molecule has 0 spiro atoms. The number of rotatable bonds is 7. The zero-order chi connectivity index (χ0) is 14.4. The van der Waals surface area contributed by atoms with Gasteiger partial charge in [0.05, 0.1) is 0 Å². The molecule has 3 heteroatoms. The number of aromatic hydroxyl groups is 1. The Morgan fingerprint density at radius 2 is 2.00 bits per heavy atom. The Morgan fingerprint density at radius 3 is 2.75 bits per heavy atom. The average Bonchev–Trinajstić information content (AvgIpc) is 2.45. The van der Waals surface area contributed by atoms with E-state index in [0.29, 0.717) is 6.04 Å². The Bertz CT molecular complexity index is 554. The molecule has 1 heterocycles. The van der Waals surface area contributed by atoms with Crippen LogP contribution in [0.2, 0.25) is 0 Å². The second kappa shape index (κ2) is 7.13. The van der Waals surface area contributed by atoms with Crippen molar-refractivity contribution in [2.45, 2.75) is 52.0 Å². The van der Waals surface area contributed by atoms with Crippen LogP contribution in [0.5, 0.6) is 5.75 Å². The van der Waals surface area contributed by atoms with Crippen LogP contribution in [0.1, 0.15) is 46.0 Å². The number of nitrogens with zero attached hydrogens (tertiary/aromatic N) is 1. The molecule has 0 saturated carbocycles. The first-order chi connectivity index (χ1) is 9.74. The fraction of sp³-hybridized carbons (Fsp3) is 0.471. The zero-order valence-electron chi connectivity index (χ0n) is 12.4. The van der Waals surface area contributed by atoms with E-state index in [9.17, 15) is 5.11 Å². The number of nitrogens with one attached hydrogen (secondary N) is 1. The number of phenolic OH excluding ortho intramolecular Hbond substituents is 1. The molecule has 0 aliphatic heterocycles. The number of unbranched alkanes of at least 4 members (excludes halogenated alkanes) is 1. The molecule has 0 aliphatic carbocycles. The van der Waals surface area contributed by atoms with Crippen LogP contribution in [-0.2, 0) is 0 Å². The summed E-state index contributed by atoms with van der Waals surface area (Å²) >= 11 is 0. The molecule has 0 radical (unpaired) electrons. The lowest BCUT2D eigenvalue weighted by Gasteiger charge is -2.19. The van der Waals surface area contributed by atoms with Crippen LogP contribution in [0.3, 0.4) is 0 Å². The molecule has 0 saturated heterocycles. The molecule has 1 aromatic carbocycles. The van der Waals surface area contributed by atoms with Crippen molar-refractivity contribution in [3.63, 3.8) is 0 Å². The maximum absolute atomic E-state index is 9.68. The van der Waals surface area contributed by atoms with Crippen molar-refractivity contribution in [2.75, 3.05) is 5.32 Å². The molecule has 0 fully saturated rings.